The molecule has 1 saturated heterocycles. The maximum absolute atomic E-state index is 13.3. The number of carbonyl (C=O) groups is 2. The van der Waals surface area contributed by atoms with E-state index in [-0.39, 0.29) is 23.2 Å². The molecule has 2 aromatic rings. The predicted octanol–water partition coefficient (Wildman–Crippen LogP) is 4.05. The molecule has 2 aliphatic heterocycles. The highest BCUT2D eigenvalue weighted by atomic mass is 32.2. The third-order valence-corrected chi connectivity index (χ3v) is 5.76. The number of thioether (sulfide) groups is 1. The van der Waals surface area contributed by atoms with E-state index in [1.807, 2.05) is 48.7 Å². The van der Waals surface area contributed by atoms with Gasteiger partial charge in [0.25, 0.3) is 5.91 Å². The molecule has 1 fully saturated rings. The van der Waals surface area contributed by atoms with Gasteiger partial charge in [0.05, 0.1) is 18.3 Å². The molecule has 0 bridgehead atoms. The maximum atomic E-state index is 13.3. The van der Waals surface area contributed by atoms with Gasteiger partial charge in [-0.3, -0.25) is 4.79 Å². The Labute approximate surface area is 162 Å². The lowest BCUT2D eigenvalue weighted by molar-refractivity contribution is -0.119. The molecule has 27 heavy (non-hydrogen) atoms. The van der Waals surface area contributed by atoms with Crippen molar-refractivity contribution in [3.8, 4) is 5.75 Å². The van der Waals surface area contributed by atoms with Crippen LogP contribution < -0.4 is 9.64 Å². The molecule has 2 aromatic carbocycles. The Bertz CT molecular complexity index is 867. The second-order valence-electron chi connectivity index (χ2n) is 6.37. The predicted molar refractivity (Wildman–Crippen MR) is 107 cm³/mol. The minimum atomic E-state index is -0.307. The van der Waals surface area contributed by atoms with E-state index in [0.29, 0.717) is 24.6 Å². The molecular formula is C21H20N2O3S. The quantitative estimate of drug-likeness (QED) is 0.785. The van der Waals surface area contributed by atoms with Crippen LogP contribution in [0.2, 0.25) is 0 Å². The Morgan fingerprint density at radius 2 is 1.78 bits per heavy atom. The lowest BCUT2D eigenvalue weighted by atomic mass is 10.1. The van der Waals surface area contributed by atoms with E-state index in [9.17, 15) is 9.59 Å². The summed E-state index contributed by atoms with van der Waals surface area (Å²) in [6, 6.07) is 16.4. The Hall–Kier alpha value is -2.73. The van der Waals surface area contributed by atoms with Gasteiger partial charge in [-0.05, 0) is 42.2 Å². The molecule has 3 amide bonds. The average molecular weight is 380 g/mol. The molecular weight excluding hydrogens is 360 g/mol. The van der Waals surface area contributed by atoms with Gasteiger partial charge in [0.1, 0.15) is 11.0 Å². The van der Waals surface area contributed by atoms with Crippen molar-refractivity contribution in [1.82, 2.24) is 4.90 Å². The van der Waals surface area contributed by atoms with Gasteiger partial charge in [-0.15, -0.1) is 11.8 Å². The van der Waals surface area contributed by atoms with E-state index in [4.69, 9.17) is 4.74 Å². The number of rotatable bonds is 5. The number of ether oxygens (including phenoxy) is 1. The van der Waals surface area contributed by atoms with Gasteiger partial charge in [0.15, 0.2) is 0 Å². The van der Waals surface area contributed by atoms with Crippen LogP contribution in [0.1, 0.15) is 12.5 Å². The van der Waals surface area contributed by atoms with Crippen LogP contribution in [0.5, 0.6) is 5.75 Å². The summed E-state index contributed by atoms with van der Waals surface area (Å²) >= 11 is 1.47. The van der Waals surface area contributed by atoms with E-state index in [1.165, 1.54) is 16.7 Å². The highest BCUT2D eigenvalue weighted by molar-refractivity contribution is 8.03. The van der Waals surface area contributed by atoms with Gasteiger partial charge in [-0.2, -0.15) is 0 Å². The van der Waals surface area contributed by atoms with Crippen LogP contribution in [0, 0.1) is 0 Å². The number of carbonyl (C=O) groups excluding carboxylic acids is 2. The Kier molecular flexibility index (Phi) is 4.90. The first-order chi connectivity index (χ1) is 13.2. The summed E-state index contributed by atoms with van der Waals surface area (Å²) in [6.07, 6.45) is 1.95. The van der Waals surface area contributed by atoms with Crippen molar-refractivity contribution in [3.63, 3.8) is 0 Å². The first-order valence-electron chi connectivity index (χ1n) is 8.92. The fourth-order valence-corrected chi connectivity index (χ4v) is 4.43. The lowest BCUT2D eigenvalue weighted by Gasteiger charge is -2.41. The van der Waals surface area contributed by atoms with Crippen LogP contribution in [0.25, 0.3) is 0 Å². The van der Waals surface area contributed by atoms with Crippen molar-refractivity contribution < 1.29 is 14.3 Å². The highest BCUT2D eigenvalue weighted by Gasteiger charge is 2.47. The van der Waals surface area contributed by atoms with Gasteiger partial charge in [0, 0.05) is 6.54 Å². The minimum Gasteiger partial charge on any atom is -0.494 e. The zero-order valence-corrected chi connectivity index (χ0v) is 15.8. The molecule has 0 saturated carbocycles. The monoisotopic (exact) mass is 380 g/mol. The molecule has 2 heterocycles. The molecule has 0 N–H and O–H groups in total. The SMILES string of the molecule is CCOc1ccc(N2C(=O)C3SC=CC3N(Cc3ccccc3)C2=O)cc1. The summed E-state index contributed by atoms with van der Waals surface area (Å²) < 4.78 is 5.46. The average Bonchev–Trinajstić information content (AvgIpc) is 3.18. The minimum absolute atomic E-state index is 0.173. The van der Waals surface area contributed by atoms with Gasteiger partial charge in [-0.1, -0.05) is 36.4 Å². The van der Waals surface area contributed by atoms with E-state index >= 15 is 0 Å². The number of anilines is 1. The van der Waals surface area contributed by atoms with Crippen LogP contribution in [0.15, 0.2) is 66.1 Å². The second kappa shape index (κ2) is 7.48. The van der Waals surface area contributed by atoms with Gasteiger partial charge in [0.2, 0.25) is 0 Å². The summed E-state index contributed by atoms with van der Waals surface area (Å²) in [4.78, 5) is 29.3. The highest BCUT2D eigenvalue weighted by Crippen LogP contribution is 2.37. The molecule has 0 aromatic heterocycles. The third kappa shape index (κ3) is 3.32. The number of benzene rings is 2. The van der Waals surface area contributed by atoms with E-state index in [1.54, 1.807) is 29.2 Å². The molecule has 2 atom stereocenters. The Morgan fingerprint density at radius 3 is 2.48 bits per heavy atom. The summed E-state index contributed by atoms with van der Waals surface area (Å²) in [6.45, 7) is 2.95. The molecule has 5 nitrogen and oxygen atoms in total. The van der Waals surface area contributed by atoms with Crippen molar-refractivity contribution in [2.45, 2.75) is 24.8 Å². The fourth-order valence-electron chi connectivity index (χ4n) is 3.39. The second-order valence-corrected chi connectivity index (χ2v) is 7.42. The number of amides is 3. The van der Waals surface area contributed by atoms with Crippen molar-refractivity contribution in [1.29, 1.82) is 0 Å². The van der Waals surface area contributed by atoms with Crippen LogP contribution in [0.4, 0.5) is 10.5 Å². The van der Waals surface area contributed by atoms with Crippen molar-refractivity contribution in [3.05, 3.63) is 71.6 Å². The first kappa shape index (κ1) is 17.7. The summed E-state index contributed by atoms with van der Waals surface area (Å²) in [5.41, 5.74) is 1.60. The normalized spacial score (nSPS) is 21.5. The Balaban J connectivity index is 1.65. The number of nitrogens with zero attached hydrogens (tertiary/aromatic N) is 2. The fraction of sp³-hybridized carbons (Fsp3) is 0.238. The Morgan fingerprint density at radius 1 is 1.04 bits per heavy atom. The van der Waals surface area contributed by atoms with Gasteiger partial charge < -0.3 is 9.64 Å². The van der Waals surface area contributed by atoms with Crippen LogP contribution in [0.3, 0.4) is 0 Å². The van der Waals surface area contributed by atoms with Crippen LogP contribution in [-0.2, 0) is 11.3 Å². The summed E-state index contributed by atoms with van der Waals surface area (Å²) in [7, 11) is 0. The topological polar surface area (TPSA) is 49.9 Å². The zero-order valence-electron chi connectivity index (χ0n) is 14.9. The standard InChI is InChI=1S/C21H20N2O3S/c1-2-26-17-10-8-16(9-11-17)23-20(24)19-18(12-13-27-19)22(21(23)25)14-15-6-4-3-5-7-15/h3-13,18-19H,2,14H2,1H3. The molecule has 4 rings (SSSR count). The molecule has 2 unspecified atom stereocenters. The molecule has 6 heteroatoms. The smallest absolute Gasteiger partial charge is 0.332 e. The van der Waals surface area contributed by atoms with Crippen molar-refractivity contribution in [2.24, 2.45) is 0 Å². The molecule has 0 spiro atoms. The van der Waals surface area contributed by atoms with E-state index < -0.39 is 0 Å². The number of hydrogen-bond donors (Lipinski definition) is 0. The summed E-state index contributed by atoms with van der Waals surface area (Å²) in [5.74, 6) is 0.544. The van der Waals surface area contributed by atoms with Crippen molar-refractivity contribution in [2.75, 3.05) is 11.5 Å². The number of imide groups is 1. The van der Waals surface area contributed by atoms with E-state index in [2.05, 4.69) is 0 Å². The zero-order chi connectivity index (χ0) is 18.8. The van der Waals surface area contributed by atoms with Crippen molar-refractivity contribution >= 4 is 29.4 Å². The van der Waals surface area contributed by atoms with Gasteiger partial charge >= 0.3 is 6.03 Å². The third-order valence-electron chi connectivity index (χ3n) is 4.67. The van der Waals surface area contributed by atoms with Crippen LogP contribution in [-0.4, -0.2) is 34.7 Å². The van der Waals surface area contributed by atoms with Crippen LogP contribution >= 0.6 is 11.8 Å². The first-order valence-corrected chi connectivity index (χ1v) is 9.87. The van der Waals surface area contributed by atoms with E-state index in [0.717, 1.165) is 5.56 Å². The summed E-state index contributed by atoms with van der Waals surface area (Å²) in [5, 5.41) is 1.61. The number of hydrogen-bond acceptors (Lipinski definition) is 4. The largest absolute Gasteiger partial charge is 0.494 e. The number of urea groups is 1. The molecule has 138 valence electrons. The van der Waals surface area contributed by atoms with Gasteiger partial charge in [-0.25, -0.2) is 9.69 Å². The number of fused-ring (bicyclic) bond motifs is 1. The maximum Gasteiger partial charge on any atom is 0.332 e. The molecule has 0 aliphatic carbocycles. The molecule has 0 radical (unpaired) electrons. The molecule has 2 aliphatic rings. The lowest BCUT2D eigenvalue weighted by Crippen LogP contribution is -2.61.